The monoisotopic (exact) mass is 468 g/mol. The van der Waals surface area contributed by atoms with E-state index in [4.69, 9.17) is 15.7 Å². The van der Waals surface area contributed by atoms with Gasteiger partial charge in [-0.3, -0.25) is 9.59 Å². The number of nitrogens with two attached hydrogens (primary N) is 1. The predicted octanol–water partition coefficient (Wildman–Crippen LogP) is 3.85. The van der Waals surface area contributed by atoms with E-state index in [0.717, 1.165) is 16.7 Å². The van der Waals surface area contributed by atoms with Gasteiger partial charge in [0.2, 0.25) is 5.91 Å². The Balaban J connectivity index is 1.54. The van der Waals surface area contributed by atoms with Gasteiger partial charge in [0.25, 0.3) is 0 Å². The van der Waals surface area contributed by atoms with E-state index < -0.39 is 17.8 Å². The first kappa shape index (κ1) is 23.5. The molecule has 0 spiro atoms. The zero-order valence-corrected chi connectivity index (χ0v) is 19.0. The molecule has 0 radical (unpaired) electrons. The summed E-state index contributed by atoms with van der Waals surface area (Å²) < 4.78 is 5.20. The standard InChI is InChI=1S/C27H24N4O4/c1-2-35-27(33)24-22(17-7-5-8-18(14-17)25(29)31-34)23(24)26(32)30-20-12-10-16(11-13-20)21-9-4-3-6-19(21)15-28/h3-14,22-24,34H,2H2,1H3,(H2,29,31)(H,30,32). The van der Waals surface area contributed by atoms with Crippen LogP contribution < -0.4 is 11.1 Å². The van der Waals surface area contributed by atoms with E-state index in [-0.39, 0.29) is 24.3 Å². The molecule has 3 atom stereocenters. The number of carbonyl (C=O) groups is 2. The highest BCUT2D eigenvalue weighted by molar-refractivity contribution is 6.01. The molecular weight excluding hydrogens is 444 g/mol. The lowest BCUT2D eigenvalue weighted by atomic mass is 10.0. The van der Waals surface area contributed by atoms with Gasteiger partial charge >= 0.3 is 5.97 Å². The second-order valence-corrected chi connectivity index (χ2v) is 8.16. The Hall–Kier alpha value is -4.64. The lowest BCUT2D eigenvalue weighted by Gasteiger charge is -2.08. The fraction of sp³-hybridized carbons (Fsp3) is 0.185. The summed E-state index contributed by atoms with van der Waals surface area (Å²) in [5, 5.41) is 24.2. The van der Waals surface area contributed by atoms with E-state index in [2.05, 4.69) is 16.5 Å². The van der Waals surface area contributed by atoms with Crippen LogP contribution in [-0.2, 0) is 14.3 Å². The molecule has 1 aliphatic carbocycles. The highest BCUT2D eigenvalue weighted by atomic mass is 16.5. The van der Waals surface area contributed by atoms with Gasteiger partial charge in [0, 0.05) is 17.2 Å². The van der Waals surface area contributed by atoms with Crippen molar-refractivity contribution in [1.82, 2.24) is 0 Å². The molecule has 0 heterocycles. The molecule has 1 amide bonds. The fourth-order valence-corrected chi connectivity index (χ4v) is 4.34. The molecule has 8 nitrogen and oxygen atoms in total. The number of hydrogen-bond donors (Lipinski definition) is 3. The molecule has 0 saturated heterocycles. The Morgan fingerprint density at radius 3 is 2.51 bits per heavy atom. The van der Waals surface area contributed by atoms with Gasteiger partial charge < -0.3 is 21.0 Å². The van der Waals surface area contributed by atoms with Gasteiger partial charge in [-0.2, -0.15) is 5.26 Å². The number of amides is 1. The van der Waals surface area contributed by atoms with E-state index in [1.54, 1.807) is 49.4 Å². The summed E-state index contributed by atoms with van der Waals surface area (Å²) in [6.07, 6.45) is 0. The Bertz CT molecular complexity index is 1330. The van der Waals surface area contributed by atoms with Crippen molar-refractivity contribution in [2.24, 2.45) is 22.7 Å². The highest BCUT2D eigenvalue weighted by Gasteiger charge is 2.60. The predicted molar refractivity (Wildman–Crippen MR) is 131 cm³/mol. The van der Waals surface area contributed by atoms with Crippen molar-refractivity contribution in [3.05, 3.63) is 89.5 Å². The number of benzene rings is 3. The van der Waals surface area contributed by atoms with Crippen LogP contribution in [0.4, 0.5) is 5.69 Å². The largest absolute Gasteiger partial charge is 0.466 e. The molecule has 3 aromatic rings. The van der Waals surface area contributed by atoms with Gasteiger partial charge in [-0.25, -0.2) is 0 Å². The SMILES string of the molecule is CCOC(=O)C1C(C(=O)Nc2ccc(-c3ccccc3C#N)cc2)C1c1cccc(/C(N)=N/O)c1. The zero-order chi connectivity index (χ0) is 24.9. The van der Waals surface area contributed by atoms with Crippen LogP contribution in [0.3, 0.4) is 0 Å². The lowest BCUT2D eigenvalue weighted by Crippen LogP contribution is -2.18. The number of nitriles is 1. The van der Waals surface area contributed by atoms with Crippen LogP contribution in [0.25, 0.3) is 11.1 Å². The molecule has 4 rings (SSSR count). The number of carbonyl (C=O) groups excluding carboxylic acids is 2. The third-order valence-electron chi connectivity index (χ3n) is 6.07. The second kappa shape index (κ2) is 10.1. The summed E-state index contributed by atoms with van der Waals surface area (Å²) in [6, 6.07) is 23.6. The second-order valence-electron chi connectivity index (χ2n) is 8.16. The van der Waals surface area contributed by atoms with Crippen LogP contribution in [0, 0.1) is 23.2 Å². The summed E-state index contributed by atoms with van der Waals surface area (Å²) in [5.74, 6) is -2.42. The lowest BCUT2D eigenvalue weighted by molar-refractivity contribution is -0.145. The number of ether oxygens (including phenoxy) is 1. The van der Waals surface area contributed by atoms with Crippen molar-refractivity contribution >= 4 is 23.4 Å². The van der Waals surface area contributed by atoms with Gasteiger partial charge in [-0.1, -0.05) is 53.7 Å². The summed E-state index contributed by atoms with van der Waals surface area (Å²) in [6.45, 7) is 1.93. The molecule has 1 fully saturated rings. The molecule has 176 valence electrons. The summed E-state index contributed by atoms with van der Waals surface area (Å²) in [7, 11) is 0. The molecule has 3 unspecified atom stereocenters. The normalized spacial score (nSPS) is 18.9. The van der Waals surface area contributed by atoms with Gasteiger partial charge in [0.05, 0.1) is 30.1 Å². The minimum atomic E-state index is -0.626. The van der Waals surface area contributed by atoms with E-state index in [1.807, 2.05) is 30.3 Å². The third kappa shape index (κ3) is 4.84. The number of anilines is 1. The van der Waals surface area contributed by atoms with Gasteiger partial charge in [-0.05, 0) is 47.9 Å². The number of nitrogens with one attached hydrogen (secondary N) is 1. The molecule has 35 heavy (non-hydrogen) atoms. The smallest absolute Gasteiger partial charge is 0.310 e. The van der Waals surface area contributed by atoms with Crippen LogP contribution in [0.15, 0.2) is 78.0 Å². The molecular formula is C27H24N4O4. The summed E-state index contributed by atoms with van der Waals surface area (Å²) in [4.78, 5) is 25.7. The Labute approximate surface area is 202 Å². The van der Waals surface area contributed by atoms with Crippen molar-refractivity contribution < 1.29 is 19.5 Å². The molecule has 4 N–H and O–H groups in total. The molecule has 0 aliphatic heterocycles. The molecule has 0 aromatic heterocycles. The van der Waals surface area contributed by atoms with Crippen molar-refractivity contribution in [2.45, 2.75) is 12.8 Å². The molecule has 8 heteroatoms. The molecule has 3 aromatic carbocycles. The summed E-state index contributed by atoms with van der Waals surface area (Å²) >= 11 is 0. The van der Waals surface area contributed by atoms with Crippen molar-refractivity contribution in [3.63, 3.8) is 0 Å². The van der Waals surface area contributed by atoms with Crippen LogP contribution in [0.1, 0.15) is 29.5 Å². The topological polar surface area (TPSA) is 138 Å². The maximum Gasteiger partial charge on any atom is 0.310 e. The maximum atomic E-state index is 13.2. The van der Waals surface area contributed by atoms with Crippen molar-refractivity contribution in [2.75, 3.05) is 11.9 Å². The Morgan fingerprint density at radius 2 is 1.83 bits per heavy atom. The number of nitrogens with zero attached hydrogens (tertiary/aromatic N) is 2. The number of oxime groups is 1. The van der Waals surface area contributed by atoms with Gasteiger partial charge in [0.1, 0.15) is 0 Å². The van der Waals surface area contributed by atoms with Crippen LogP contribution in [0.2, 0.25) is 0 Å². The number of esters is 1. The molecule has 1 aliphatic rings. The highest BCUT2D eigenvalue weighted by Crippen LogP contribution is 2.55. The quantitative estimate of drug-likeness (QED) is 0.158. The van der Waals surface area contributed by atoms with E-state index in [1.165, 1.54) is 0 Å². The van der Waals surface area contributed by atoms with Crippen molar-refractivity contribution in [3.8, 4) is 17.2 Å². The van der Waals surface area contributed by atoms with E-state index >= 15 is 0 Å². The minimum absolute atomic E-state index is 0.0563. The first-order valence-corrected chi connectivity index (χ1v) is 11.1. The first-order chi connectivity index (χ1) is 17.0. The maximum absolute atomic E-state index is 13.2. The Morgan fingerprint density at radius 1 is 1.09 bits per heavy atom. The fourth-order valence-electron chi connectivity index (χ4n) is 4.34. The third-order valence-corrected chi connectivity index (χ3v) is 6.07. The summed E-state index contributed by atoms with van der Waals surface area (Å²) in [5.41, 5.74) is 9.74. The van der Waals surface area contributed by atoms with Gasteiger partial charge in [0.15, 0.2) is 5.84 Å². The van der Waals surface area contributed by atoms with Crippen LogP contribution in [0.5, 0.6) is 0 Å². The minimum Gasteiger partial charge on any atom is -0.466 e. The van der Waals surface area contributed by atoms with Gasteiger partial charge in [-0.15, -0.1) is 0 Å². The number of hydrogen-bond acceptors (Lipinski definition) is 6. The molecule has 0 bridgehead atoms. The van der Waals surface area contributed by atoms with E-state index in [9.17, 15) is 14.9 Å². The average molecular weight is 469 g/mol. The van der Waals surface area contributed by atoms with Crippen LogP contribution in [-0.4, -0.2) is 29.5 Å². The number of rotatable bonds is 7. The van der Waals surface area contributed by atoms with E-state index in [0.29, 0.717) is 16.8 Å². The average Bonchev–Trinajstić information content (AvgIpc) is 3.65. The van der Waals surface area contributed by atoms with Crippen molar-refractivity contribution in [1.29, 1.82) is 5.26 Å². The first-order valence-electron chi connectivity index (χ1n) is 11.1. The number of amidine groups is 1. The molecule has 1 saturated carbocycles. The zero-order valence-electron chi connectivity index (χ0n) is 19.0. The Kier molecular flexibility index (Phi) is 6.78. The van der Waals surface area contributed by atoms with Crippen LogP contribution >= 0.6 is 0 Å².